The molecule has 0 atom stereocenters. The molecule has 1 aliphatic rings. The van der Waals surface area contributed by atoms with E-state index in [9.17, 15) is 9.18 Å². The second-order valence-corrected chi connectivity index (χ2v) is 5.17. The summed E-state index contributed by atoms with van der Waals surface area (Å²) in [7, 11) is 0. The largest absolute Gasteiger partial charge is 0.493 e. The van der Waals surface area contributed by atoms with Crippen LogP contribution in [0.25, 0.3) is 0 Å². The molecule has 0 aliphatic heterocycles. The van der Waals surface area contributed by atoms with Crippen LogP contribution in [0.15, 0.2) is 24.3 Å². The first-order chi connectivity index (χ1) is 9.70. The fourth-order valence-electron chi connectivity index (χ4n) is 2.78. The van der Waals surface area contributed by atoms with Gasteiger partial charge >= 0.3 is 0 Å². The first-order valence-electron chi connectivity index (χ1n) is 7.38. The van der Waals surface area contributed by atoms with Crippen molar-refractivity contribution in [3.63, 3.8) is 0 Å². The summed E-state index contributed by atoms with van der Waals surface area (Å²) >= 11 is 0. The fourth-order valence-corrected chi connectivity index (χ4v) is 2.78. The van der Waals surface area contributed by atoms with Gasteiger partial charge < -0.3 is 9.64 Å². The molecule has 0 unspecified atom stereocenters. The summed E-state index contributed by atoms with van der Waals surface area (Å²) < 4.78 is 18.2. The van der Waals surface area contributed by atoms with Gasteiger partial charge in [0.1, 0.15) is 11.6 Å². The van der Waals surface area contributed by atoms with E-state index in [1.807, 2.05) is 11.8 Å². The number of carbonyl (C=O) groups excluding carboxylic acids is 1. The predicted octanol–water partition coefficient (Wildman–Crippen LogP) is 3.39. The molecule has 2 rings (SSSR count). The van der Waals surface area contributed by atoms with E-state index in [1.165, 1.54) is 25.0 Å². The lowest BCUT2D eigenvalue weighted by molar-refractivity contribution is -0.133. The summed E-state index contributed by atoms with van der Waals surface area (Å²) in [6, 6.07) is 6.28. The van der Waals surface area contributed by atoms with E-state index in [0.29, 0.717) is 24.8 Å². The van der Waals surface area contributed by atoms with Crippen LogP contribution >= 0.6 is 0 Å². The highest BCUT2D eigenvalue weighted by Crippen LogP contribution is 2.23. The fraction of sp³-hybridized carbons (Fsp3) is 0.562. The normalized spacial score (nSPS) is 15.3. The number of amides is 1. The highest BCUT2D eigenvalue weighted by molar-refractivity contribution is 5.76. The first kappa shape index (κ1) is 14.8. The molecule has 4 heteroatoms. The second-order valence-electron chi connectivity index (χ2n) is 5.17. The molecule has 0 heterocycles. The monoisotopic (exact) mass is 279 g/mol. The van der Waals surface area contributed by atoms with Gasteiger partial charge in [-0.3, -0.25) is 4.79 Å². The molecule has 0 radical (unpaired) electrons. The minimum Gasteiger partial charge on any atom is -0.493 e. The van der Waals surface area contributed by atoms with Crippen LogP contribution in [0.4, 0.5) is 4.39 Å². The van der Waals surface area contributed by atoms with E-state index in [0.717, 1.165) is 19.4 Å². The van der Waals surface area contributed by atoms with Crippen molar-refractivity contribution in [3.8, 4) is 5.75 Å². The summed E-state index contributed by atoms with van der Waals surface area (Å²) in [6.45, 7) is 3.13. The Labute approximate surface area is 119 Å². The minimum absolute atomic E-state index is 0.154. The number of hydrogen-bond acceptors (Lipinski definition) is 2. The average Bonchev–Trinajstić information content (AvgIpc) is 2.96. The van der Waals surface area contributed by atoms with Gasteiger partial charge in [0.2, 0.25) is 5.91 Å². The van der Waals surface area contributed by atoms with Crippen molar-refractivity contribution in [2.75, 3.05) is 13.2 Å². The van der Waals surface area contributed by atoms with E-state index in [1.54, 1.807) is 12.1 Å². The van der Waals surface area contributed by atoms with Gasteiger partial charge in [0, 0.05) is 12.6 Å². The Balaban J connectivity index is 1.77. The number of hydrogen-bond donors (Lipinski definition) is 0. The lowest BCUT2D eigenvalue weighted by Gasteiger charge is -2.27. The van der Waals surface area contributed by atoms with Crippen molar-refractivity contribution in [1.82, 2.24) is 4.90 Å². The summed E-state index contributed by atoms with van der Waals surface area (Å²) in [6.07, 6.45) is 5.07. The van der Waals surface area contributed by atoms with E-state index >= 15 is 0 Å². The molecule has 1 aromatic carbocycles. The van der Waals surface area contributed by atoms with Crippen LogP contribution in [0.3, 0.4) is 0 Å². The Kier molecular flexibility index (Phi) is 5.39. The Morgan fingerprint density at radius 1 is 1.30 bits per heavy atom. The van der Waals surface area contributed by atoms with Crippen molar-refractivity contribution < 1.29 is 13.9 Å². The topological polar surface area (TPSA) is 29.5 Å². The van der Waals surface area contributed by atoms with Crippen LogP contribution in [0.2, 0.25) is 0 Å². The number of nitrogens with zero attached hydrogens (tertiary/aromatic N) is 1. The predicted molar refractivity (Wildman–Crippen MR) is 76.2 cm³/mol. The Hall–Kier alpha value is -1.58. The Morgan fingerprint density at radius 2 is 1.95 bits per heavy atom. The van der Waals surface area contributed by atoms with Crippen LogP contribution in [0.5, 0.6) is 5.75 Å². The summed E-state index contributed by atoms with van der Waals surface area (Å²) in [4.78, 5) is 14.2. The standard InChI is InChI=1S/C16H22FNO2/c1-2-18(14-5-3-4-6-14)16(19)11-12-20-15-9-7-13(17)8-10-15/h7-10,14H,2-6,11-12H2,1H3. The molecule has 1 aliphatic carbocycles. The van der Waals surface area contributed by atoms with Gasteiger partial charge in [0.05, 0.1) is 13.0 Å². The Bertz CT molecular complexity index is 427. The molecule has 1 fully saturated rings. The van der Waals surface area contributed by atoms with Gasteiger partial charge in [-0.15, -0.1) is 0 Å². The lowest BCUT2D eigenvalue weighted by Crippen LogP contribution is -2.39. The molecule has 0 aromatic heterocycles. The van der Waals surface area contributed by atoms with Gasteiger partial charge in [-0.25, -0.2) is 4.39 Å². The lowest BCUT2D eigenvalue weighted by atomic mass is 10.2. The molecule has 0 spiro atoms. The average molecular weight is 279 g/mol. The van der Waals surface area contributed by atoms with Crippen molar-refractivity contribution in [2.24, 2.45) is 0 Å². The molecule has 110 valence electrons. The molecule has 0 bridgehead atoms. The van der Waals surface area contributed by atoms with Crippen LogP contribution in [-0.2, 0) is 4.79 Å². The molecule has 0 N–H and O–H groups in total. The molecule has 20 heavy (non-hydrogen) atoms. The number of ether oxygens (including phenoxy) is 1. The molecular weight excluding hydrogens is 257 g/mol. The van der Waals surface area contributed by atoms with Gasteiger partial charge in [-0.2, -0.15) is 0 Å². The van der Waals surface area contributed by atoms with Crippen LogP contribution < -0.4 is 4.74 Å². The molecule has 1 saturated carbocycles. The zero-order valence-electron chi connectivity index (χ0n) is 12.0. The zero-order valence-corrected chi connectivity index (χ0v) is 12.0. The molecule has 0 saturated heterocycles. The quantitative estimate of drug-likeness (QED) is 0.799. The van der Waals surface area contributed by atoms with Crippen molar-refractivity contribution in [3.05, 3.63) is 30.1 Å². The van der Waals surface area contributed by atoms with Crippen molar-refractivity contribution in [2.45, 2.75) is 45.1 Å². The maximum atomic E-state index is 12.7. The van der Waals surface area contributed by atoms with Crippen LogP contribution in [0.1, 0.15) is 39.0 Å². The summed E-state index contributed by atoms with van der Waals surface area (Å²) in [5.41, 5.74) is 0. The van der Waals surface area contributed by atoms with Gasteiger partial charge in [-0.1, -0.05) is 12.8 Å². The maximum Gasteiger partial charge on any atom is 0.226 e. The highest BCUT2D eigenvalue weighted by Gasteiger charge is 2.24. The Morgan fingerprint density at radius 3 is 2.55 bits per heavy atom. The van der Waals surface area contributed by atoms with E-state index in [2.05, 4.69) is 0 Å². The van der Waals surface area contributed by atoms with Gasteiger partial charge in [0.25, 0.3) is 0 Å². The van der Waals surface area contributed by atoms with Crippen LogP contribution in [0, 0.1) is 5.82 Å². The molecule has 1 aromatic rings. The molecular formula is C16H22FNO2. The number of rotatable bonds is 6. The molecule has 3 nitrogen and oxygen atoms in total. The number of halogens is 1. The summed E-state index contributed by atoms with van der Waals surface area (Å²) in [5.74, 6) is 0.469. The third-order valence-corrected chi connectivity index (χ3v) is 3.82. The number of carbonyl (C=O) groups is 1. The molecule has 1 amide bonds. The third-order valence-electron chi connectivity index (χ3n) is 3.82. The van der Waals surface area contributed by atoms with Crippen molar-refractivity contribution in [1.29, 1.82) is 0 Å². The first-order valence-corrected chi connectivity index (χ1v) is 7.38. The van der Waals surface area contributed by atoms with Gasteiger partial charge in [-0.05, 0) is 44.0 Å². The SMILES string of the molecule is CCN(C(=O)CCOc1ccc(F)cc1)C1CCCC1. The summed E-state index contributed by atoms with van der Waals surface area (Å²) in [5, 5.41) is 0. The van der Waals surface area contributed by atoms with Crippen molar-refractivity contribution >= 4 is 5.91 Å². The maximum absolute atomic E-state index is 12.7. The van der Waals surface area contributed by atoms with E-state index < -0.39 is 0 Å². The zero-order chi connectivity index (χ0) is 14.4. The van der Waals surface area contributed by atoms with E-state index in [-0.39, 0.29) is 11.7 Å². The minimum atomic E-state index is -0.285. The number of benzene rings is 1. The smallest absolute Gasteiger partial charge is 0.226 e. The second kappa shape index (κ2) is 7.27. The van der Waals surface area contributed by atoms with Crippen LogP contribution in [-0.4, -0.2) is 30.0 Å². The van der Waals surface area contributed by atoms with E-state index in [4.69, 9.17) is 4.74 Å². The third kappa shape index (κ3) is 3.95. The van der Waals surface area contributed by atoms with Gasteiger partial charge in [0.15, 0.2) is 0 Å². The highest BCUT2D eigenvalue weighted by atomic mass is 19.1.